The summed E-state index contributed by atoms with van der Waals surface area (Å²) in [6.07, 6.45) is 1.94. The zero-order valence-electron chi connectivity index (χ0n) is 35.9. The topological polar surface area (TPSA) is 223 Å². The number of carbonyl (C=O) groups is 4. The Morgan fingerprint density at radius 2 is 1.30 bits per heavy atom. The summed E-state index contributed by atoms with van der Waals surface area (Å²) in [6.45, 7) is 4.41. The number of hydrogen-bond donors (Lipinski definition) is 4. The van der Waals surface area contributed by atoms with Gasteiger partial charge in [0.15, 0.2) is 0 Å². The molecule has 5 heterocycles. The van der Waals surface area contributed by atoms with Gasteiger partial charge in [-0.2, -0.15) is 0 Å². The maximum absolute atomic E-state index is 14.0. The highest BCUT2D eigenvalue weighted by Gasteiger charge is 2.40. The van der Waals surface area contributed by atoms with E-state index in [1.54, 1.807) is 48.0 Å². The lowest BCUT2D eigenvalue weighted by atomic mass is 10.0. The van der Waals surface area contributed by atoms with Gasteiger partial charge in [-0.3, -0.25) is 14.4 Å². The molecule has 0 bridgehead atoms. The zero-order chi connectivity index (χ0) is 44.5. The summed E-state index contributed by atoms with van der Waals surface area (Å²) in [5.74, 6) is 0.649. The number of carbonyl (C=O) groups excluding carboxylic acids is 4. The third-order valence-corrected chi connectivity index (χ3v) is 12.2. The third kappa shape index (κ3) is 8.30. The van der Waals surface area contributed by atoms with Crippen LogP contribution in [0.5, 0.6) is 0 Å². The number of alkyl carbamates (subject to hydrolysis) is 2. The van der Waals surface area contributed by atoms with Crippen LogP contribution in [-0.4, -0.2) is 120 Å². The fraction of sp³-hybridized carbons (Fsp3) is 0.400. The first-order valence-corrected chi connectivity index (χ1v) is 20.8. The molecule has 0 unspecified atom stereocenters. The second kappa shape index (κ2) is 17.9. The van der Waals surface area contributed by atoms with Crippen LogP contribution in [0.4, 0.5) is 9.59 Å². The average Bonchev–Trinajstić information content (AvgIpc) is 4.15. The Morgan fingerprint density at radius 3 is 1.92 bits per heavy atom. The molecule has 6 aromatic rings. The lowest BCUT2D eigenvalue weighted by molar-refractivity contribution is -0.138. The number of rotatable bonds is 12. The molecule has 63 heavy (non-hydrogen) atoms. The summed E-state index contributed by atoms with van der Waals surface area (Å²) in [6, 6.07) is 14.1. The van der Waals surface area contributed by atoms with Gasteiger partial charge in [-0.1, -0.05) is 12.1 Å². The van der Waals surface area contributed by atoms with Crippen molar-refractivity contribution in [2.75, 3.05) is 41.5 Å². The second-order valence-corrected chi connectivity index (χ2v) is 15.9. The normalized spacial score (nSPS) is 18.4. The van der Waals surface area contributed by atoms with E-state index >= 15 is 0 Å². The number of nitrogens with zero attached hydrogens (tertiary/aromatic N) is 4. The van der Waals surface area contributed by atoms with Crippen molar-refractivity contribution in [2.24, 2.45) is 0 Å². The summed E-state index contributed by atoms with van der Waals surface area (Å²) in [7, 11) is 5.44. The number of hydrogen-bond acceptors (Lipinski definition) is 12. The van der Waals surface area contributed by atoms with Crippen molar-refractivity contribution in [1.82, 2.24) is 40.4 Å². The fourth-order valence-corrected chi connectivity index (χ4v) is 8.61. The van der Waals surface area contributed by atoms with E-state index in [9.17, 15) is 24.0 Å². The van der Waals surface area contributed by atoms with Gasteiger partial charge in [0.05, 0.1) is 72.2 Å². The van der Waals surface area contributed by atoms with Crippen molar-refractivity contribution in [2.45, 2.75) is 75.9 Å². The van der Waals surface area contributed by atoms with Crippen molar-refractivity contribution in [1.29, 1.82) is 0 Å². The number of benzene rings is 3. The molecule has 8 rings (SSSR count). The fourth-order valence-electron chi connectivity index (χ4n) is 8.61. The number of H-pyrrole nitrogens is 2. The Morgan fingerprint density at radius 1 is 0.714 bits per heavy atom. The molecule has 18 nitrogen and oxygen atoms in total. The van der Waals surface area contributed by atoms with Gasteiger partial charge in [0.2, 0.25) is 17.2 Å². The molecule has 0 spiro atoms. The van der Waals surface area contributed by atoms with Crippen molar-refractivity contribution >= 4 is 57.0 Å². The lowest BCUT2D eigenvalue weighted by Crippen LogP contribution is -2.54. The molecule has 0 saturated carbocycles. The van der Waals surface area contributed by atoms with Gasteiger partial charge in [-0.05, 0) is 93.1 Å². The number of ether oxygens (including phenoxy) is 4. The molecule has 4 N–H and O–H groups in total. The van der Waals surface area contributed by atoms with Gasteiger partial charge in [0.25, 0.3) is 0 Å². The zero-order valence-corrected chi connectivity index (χ0v) is 35.9. The first-order chi connectivity index (χ1) is 30.4. The van der Waals surface area contributed by atoms with Crippen LogP contribution >= 0.6 is 0 Å². The number of nitrogens with one attached hydrogen (secondary N) is 4. The molecule has 0 aliphatic carbocycles. The van der Waals surface area contributed by atoms with Crippen molar-refractivity contribution in [3.05, 3.63) is 82.7 Å². The predicted molar refractivity (Wildman–Crippen MR) is 232 cm³/mol. The maximum atomic E-state index is 14.0. The van der Waals surface area contributed by atoms with Crippen molar-refractivity contribution in [3.8, 4) is 22.4 Å². The highest BCUT2D eigenvalue weighted by atomic mass is 16.5. The molecule has 18 heteroatoms. The maximum Gasteiger partial charge on any atom is 0.407 e. The number of amides is 4. The van der Waals surface area contributed by atoms with Crippen LogP contribution in [0.15, 0.2) is 70.0 Å². The number of aromatic nitrogens is 4. The SMILES string of the molecule is COC(=O)N[C@H](C(=O)N1CCC[C@H]1c1ncc(-c2ccc3oc4cc(-c5ccc6nc([C@@H]7CCCN7C(=O)[C@@H](NC(=O)OC)[C@@H](C)OC)[nH]c6c5)ccc4c(=O)c3c2)[nH]1)[C@@H](C)OC. The van der Waals surface area contributed by atoms with Gasteiger partial charge in [-0.15, -0.1) is 0 Å². The van der Waals surface area contributed by atoms with Crippen LogP contribution in [0, 0.1) is 0 Å². The van der Waals surface area contributed by atoms with Crippen LogP contribution in [-0.2, 0) is 28.5 Å². The van der Waals surface area contributed by atoms with E-state index in [1.807, 2.05) is 36.4 Å². The number of methoxy groups -OCH3 is 4. The van der Waals surface area contributed by atoms with Gasteiger partial charge in [-0.25, -0.2) is 19.6 Å². The molecule has 3 aromatic heterocycles. The van der Waals surface area contributed by atoms with Gasteiger partial charge in [0, 0.05) is 32.9 Å². The van der Waals surface area contributed by atoms with E-state index < -0.39 is 36.5 Å². The minimum absolute atomic E-state index is 0.184. The molecule has 2 aliphatic heterocycles. The largest absolute Gasteiger partial charge is 0.456 e. The Hall–Kier alpha value is -6.79. The molecule has 3 aromatic carbocycles. The molecule has 2 aliphatic rings. The summed E-state index contributed by atoms with van der Waals surface area (Å²) in [5, 5.41) is 6.04. The van der Waals surface area contributed by atoms with E-state index in [1.165, 1.54) is 28.4 Å². The quantitative estimate of drug-likeness (QED) is 0.108. The van der Waals surface area contributed by atoms with E-state index in [0.717, 1.165) is 40.6 Å². The summed E-state index contributed by atoms with van der Waals surface area (Å²) in [5.41, 5.74) is 5.26. The number of likely N-dealkylation sites (tertiary alicyclic amines) is 2. The van der Waals surface area contributed by atoms with Gasteiger partial charge < -0.3 is 53.8 Å². The Balaban J connectivity index is 1.02. The first-order valence-electron chi connectivity index (χ1n) is 20.8. The second-order valence-electron chi connectivity index (χ2n) is 15.9. The third-order valence-electron chi connectivity index (χ3n) is 12.2. The van der Waals surface area contributed by atoms with E-state index in [2.05, 4.69) is 25.6 Å². The molecule has 2 saturated heterocycles. The van der Waals surface area contributed by atoms with E-state index in [-0.39, 0.29) is 29.3 Å². The Bertz CT molecular complexity index is 2760. The molecule has 0 radical (unpaired) electrons. The van der Waals surface area contributed by atoms with E-state index in [0.29, 0.717) is 65.2 Å². The minimum atomic E-state index is -0.949. The first kappa shape index (κ1) is 42.9. The van der Waals surface area contributed by atoms with E-state index in [4.69, 9.17) is 28.3 Å². The molecular weight excluding hydrogens is 813 g/mol. The monoisotopic (exact) mass is 862 g/mol. The molecular formula is C45H50N8O10. The summed E-state index contributed by atoms with van der Waals surface area (Å²) < 4.78 is 26.7. The van der Waals surface area contributed by atoms with Gasteiger partial charge in [0.1, 0.15) is 34.9 Å². The van der Waals surface area contributed by atoms with Crippen LogP contribution in [0.3, 0.4) is 0 Å². The van der Waals surface area contributed by atoms with Crippen LogP contribution < -0.4 is 16.1 Å². The van der Waals surface area contributed by atoms with Crippen LogP contribution in [0.2, 0.25) is 0 Å². The Kier molecular flexibility index (Phi) is 12.2. The molecule has 330 valence electrons. The lowest BCUT2D eigenvalue weighted by Gasteiger charge is -2.30. The standard InChI is InChI=1S/C45H50N8O10/c1-23(59-3)37(50-44(57)61-5)42(55)52-17-7-9-33(52)40-46-22-32(49-40)27-13-16-35-29(19-27)39(54)28-14-11-26(21-36(28)63-35)25-12-15-30-31(20-25)48-41(47-30)34-10-8-18-53(34)43(56)38(24(2)60-4)51-45(58)62-6/h11-16,19-24,33-34,37-38H,7-10,17-18H2,1-6H3,(H,46,49)(H,47,48)(H,50,57)(H,51,58)/t23-,24-,33+,34+,37+,38+/m1/s1. The number of fused-ring (bicyclic) bond motifs is 3. The minimum Gasteiger partial charge on any atom is -0.456 e. The average molecular weight is 863 g/mol. The van der Waals surface area contributed by atoms with Crippen molar-refractivity contribution in [3.63, 3.8) is 0 Å². The number of imidazole rings is 2. The number of aromatic amines is 2. The Labute approximate surface area is 361 Å². The van der Waals surface area contributed by atoms with Crippen LogP contribution in [0.1, 0.15) is 63.3 Å². The highest BCUT2D eigenvalue weighted by molar-refractivity contribution is 5.94. The summed E-state index contributed by atoms with van der Waals surface area (Å²) in [4.78, 5) is 85.3. The molecule has 6 atom stereocenters. The smallest absolute Gasteiger partial charge is 0.407 e. The predicted octanol–water partition coefficient (Wildman–Crippen LogP) is 5.73. The highest BCUT2D eigenvalue weighted by Crippen LogP contribution is 2.36. The van der Waals surface area contributed by atoms with Gasteiger partial charge >= 0.3 is 12.2 Å². The van der Waals surface area contributed by atoms with Crippen molar-refractivity contribution < 1.29 is 42.5 Å². The van der Waals surface area contributed by atoms with Crippen LogP contribution in [0.25, 0.3) is 55.4 Å². The molecule has 2 fully saturated rings. The summed E-state index contributed by atoms with van der Waals surface area (Å²) >= 11 is 0. The molecule has 4 amide bonds.